The summed E-state index contributed by atoms with van der Waals surface area (Å²) in [6.07, 6.45) is 4.63. The number of nitrogens with zero attached hydrogens (tertiary/aromatic N) is 2. The van der Waals surface area contributed by atoms with Crippen molar-refractivity contribution >= 4 is 11.8 Å². The normalized spacial score (nSPS) is 26.8. The number of rotatable bonds is 3. The number of hydrogen-bond acceptors (Lipinski definition) is 4. The van der Waals surface area contributed by atoms with Crippen LogP contribution >= 0.6 is 11.8 Å². The molecule has 1 aromatic heterocycles. The van der Waals surface area contributed by atoms with Crippen LogP contribution in [0.2, 0.25) is 0 Å². The van der Waals surface area contributed by atoms with E-state index in [1.54, 1.807) is 0 Å². The molecule has 0 saturated heterocycles. The maximum atomic E-state index is 5.50. The summed E-state index contributed by atoms with van der Waals surface area (Å²) >= 11 is 5.50. The van der Waals surface area contributed by atoms with Crippen molar-refractivity contribution in [3.05, 3.63) is 11.7 Å². The zero-order valence-electron chi connectivity index (χ0n) is 8.87. The topological polar surface area (TPSA) is 51.0 Å². The molecule has 1 N–H and O–H groups in total. The van der Waals surface area contributed by atoms with Gasteiger partial charge < -0.3 is 4.52 Å². The monoisotopic (exact) mass is 229 g/mol. The van der Waals surface area contributed by atoms with E-state index in [-0.39, 0.29) is 0 Å². The summed E-state index contributed by atoms with van der Waals surface area (Å²) in [6, 6.07) is 0. The van der Waals surface area contributed by atoms with Crippen LogP contribution in [0, 0.1) is 12.8 Å². The Morgan fingerprint density at radius 2 is 2.13 bits per heavy atom. The van der Waals surface area contributed by atoms with Crippen molar-refractivity contribution in [2.45, 2.75) is 38.5 Å². The number of nitrogens with one attached hydrogen (secondary N) is 1. The Kier molecular flexibility index (Phi) is 3.59. The van der Waals surface area contributed by atoms with Crippen LogP contribution in [0.25, 0.3) is 0 Å². The quantitative estimate of drug-likeness (QED) is 0.809. The molecular formula is C10H16ClN3O. The fourth-order valence-corrected chi connectivity index (χ4v) is 2.42. The lowest BCUT2D eigenvalue weighted by Crippen LogP contribution is -2.21. The van der Waals surface area contributed by atoms with Gasteiger partial charge in [-0.25, -0.2) is 4.84 Å². The molecule has 0 atom stereocenters. The van der Waals surface area contributed by atoms with Crippen molar-refractivity contribution in [2.75, 3.05) is 6.54 Å². The van der Waals surface area contributed by atoms with Crippen LogP contribution in [0.4, 0.5) is 0 Å². The van der Waals surface area contributed by atoms with Gasteiger partial charge in [0.2, 0.25) is 5.89 Å². The Balaban J connectivity index is 1.88. The molecule has 0 unspecified atom stereocenters. The van der Waals surface area contributed by atoms with E-state index in [1.807, 2.05) is 6.92 Å². The smallest absolute Gasteiger partial charge is 0.229 e. The summed E-state index contributed by atoms with van der Waals surface area (Å²) in [5.74, 6) is 2.69. The van der Waals surface area contributed by atoms with Gasteiger partial charge in [0.25, 0.3) is 0 Å². The fraction of sp³-hybridized carbons (Fsp3) is 0.800. The summed E-state index contributed by atoms with van der Waals surface area (Å²) in [6.45, 7) is 2.76. The van der Waals surface area contributed by atoms with E-state index >= 15 is 0 Å². The Hall–Kier alpha value is -0.610. The molecule has 1 fully saturated rings. The van der Waals surface area contributed by atoms with Crippen molar-refractivity contribution in [2.24, 2.45) is 5.92 Å². The summed E-state index contributed by atoms with van der Waals surface area (Å²) in [5, 5.41) is 3.83. The van der Waals surface area contributed by atoms with Crippen LogP contribution in [0.5, 0.6) is 0 Å². The molecule has 1 aliphatic rings. The molecule has 1 aliphatic carbocycles. The Morgan fingerprint density at radius 1 is 1.40 bits per heavy atom. The summed E-state index contributed by atoms with van der Waals surface area (Å²) in [4.78, 5) is 7.00. The van der Waals surface area contributed by atoms with Crippen LogP contribution in [0.1, 0.15) is 43.3 Å². The molecule has 1 aromatic rings. The third kappa shape index (κ3) is 2.69. The van der Waals surface area contributed by atoms with Gasteiger partial charge >= 0.3 is 0 Å². The average molecular weight is 230 g/mol. The van der Waals surface area contributed by atoms with Gasteiger partial charge in [-0.3, -0.25) is 0 Å². The van der Waals surface area contributed by atoms with Crippen molar-refractivity contribution in [3.63, 3.8) is 0 Å². The Bertz CT molecular complexity index is 307. The van der Waals surface area contributed by atoms with Gasteiger partial charge in [-0.05, 0) is 50.3 Å². The van der Waals surface area contributed by atoms with E-state index in [9.17, 15) is 0 Å². The summed E-state index contributed by atoms with van der Waals surface area (Å²) in [7, 11) is 0. The first-order valence-corrected chi connectivity index (χ1v) is 5.81. The second-order valence-electron chi connectivity index (χ2n) is 4.24. The zero-order valence-corrected chi connectivity index (χ0v) is 9.63. The van der Waals surface area contributed by atoms with Gasteiger partial charge in [0.15, 0.2) is 5.82 Å². The molecule has 0 aromatic carbocycles. The molecule has 84 valence electrons. The number of aromatic nitrogens is 2. The largest absolute Gasteiger partial charge is 0.339 e. The van der Waals surface area contributed by atoms with Crippen molar-refractivity contribution in [1.82, 2.24) is 15.0 Å². The van der Waals surface area contributed by atoms with E-state index in [0.29, 0.717) is 11.8 Å². The molecule has 4 nitrogen and oxygen atoms in total. The minimum absolute atomic E-state index is 0.456. The van der Waals surface area contributed by atoms with Crippen molar-refractivity contribution in [1.29, 1.82) is 0 Å². The predicted octanol–water partition coefficient (Wildman–Crippen LogP) is 2.40. The van der Waals surface area contributed by atoms with Crippen LogP contribution < -0.4 is 4.84 Å². The molecule has 2 rings (SSSR count). The second-order valence-corrected chi connectivity index (χ2v) is 4.50. The summed E-state index contributed by atoms with van der Waals surface area (Å²) in [5.41, 5.74) is 0. The first kappa shape index (κ1) is 10.9. The number of hydrogen-bond donors (Lipinski definition) is 1. The Morgan fingerprint density at radius 3 is 2.67 bits per heavy atom. The predicted molar refractivity (Wildman–Crippen MR) is 57.6 cm³/mol. The minimum Gasteiger partial charge on any atom is -0.339 e. The molecule has 0 radical (unpaired) electrons. The van der Waals surface area contributed by atoms with Crippen LogP contribution in [0.15, 0.2) is 4.52 Å². The van der Waals surface area contributed by atoms with E-state index in [2.05, 4.69) is 15.0 Å². The lowest BCUT2D eigenvalue weighted by molar-refractivity contribution is 0.271. The second kappa shape index (κ2) is 4.94. The zero-order chi connectivity index (χ0) is 10.7. The third-order valence-corrected chi connectivity index (χ3v) is 3.26. The van der Waals surface area contributed by atoms with Gasteiger partial charge in [-0.2, -0.15) is 4.98 Å². The highest BCUT2D eigenvalue weighted by atomic mass is 35.5. The minimum atomic E-state index is 0.456. The molecular weight excluding hydrogens is 214 g/mol. The maximum Gasteiger partial charge on any atom is 0.229 e. The molecule has 0 spiro atoms. The number of halogens is 1. The van der Waals surface area contributed by atoms with Crippen LogP contribution in [-0.4, -0.2) is 16.7 Å². The highest BCUT2D eigenvalue weighted by Crippen LogP contribution is 2.34. The van der Waals surface area contributed by atoms with Gasteiger partial charge in [0, 0.05) is 12.5 Å². The van der Waals surface area contributed by atoms with E-state index in [4.69, 9.17) is 16.3 Å². The van der Waals surface area contributed by atoms with Crippen molar-refractivity contribution < 1.29 is 4.52 Å². The van der Waals surface area contributed by atoms with E-state index < -0.39 is 0 Å². The molecule has 5 heteroatoms. The van der Waals surface area contributed by atoms with Crippen LogP contribution in [0.3, 0.4) is 0 Å². The van der Waals surface area contributed by atoms with Gasteiger partial charge in [0.1, 0.15) is 0 Å². The molecule has 0 amide bonds. The van der Waals surface area contributed by atoms with Gasteiger partial charge in [-0.1, -0.05) is 5.16 Å². The standard InChI is InChI=1S/C10H16ClN3O/c1-7-13-10(15-14-7)9-4-2-8(3-5-9)6-12-11/h8-9,12H,2-6H2,1H3. The third-order valence-electron chi connectivity index (χ3n) is 3.11. The molecule has 0 aliphatic heterocycles. The van der Waals surface area contributed by atoms with Crippen molar-refractivity contribution in [3.8, 4) is 0 Å². The van der Waals surface area contributed by atoms with Gasteiger partial charge in [0.05, 0.1) is 0 Å². The fourth-order valence-electron chi connectivity index (χ4n) is 2.20. The van der Waals surface area contributed by atoms with Crippen LogP contribution in [-0.2, 0) is 0 Å². The summed E-state index contributed by atoms with van der Waals surface area (Å²) < 4.78 is 5.20. The highest BCUT2D eigenvalue weighted by molar-refractivity contribution is 6.13. The first-order valence-electron chi connectivity index (χ1n) is 5.43. The molecule has 15 heavy (non-hydrogen) atoms. The van der Waals surface area contributed by atoms with E-state index in [0.717, 1.165) is 31.1 Å². The SMILES string of the molecule is Cc1noc(C2CCC(CNCl)CC2)n1. The maximum absolute atomic E-state index is 5.50. The molecule has 1 heterocycles. The average Bonchev–Trinajstić information content (AvgIpc) is 2.67. The lowest BCUT2D eigenvalue weighted by Gasteiger charge is -2.25. The van der Waals surface area contributed by atoms with Gasteiger partial charge in [-0.15, -0.1) is 0 Å². The van der Waals surface area contributed by atoms with E-state index in [1.165, 1.54) is 12.8 Å². The molecule has 0 bridgehead atoms. The highest BCUT2D eigenvalue weighted by Gasteiger charge is 2.25. The number of aryl methyl sites for hydroxylation is 1. The Labute approximate surface area is 94.5 Å². The first-order chi connectivity index (χ1) is 7.29. The lowest BCUT2D eigenvalue weighted by atomic mass is 9.82. The molecule has 1 saturated carbocycles.